The van der Waals surface area contributed by atoms with Crippen LogP contribution in [-0.2, 0) is 16.9 Å². The maximum Gasteiger partial charge on any atom is 0.123 e. The monoisotopic (exact) mass is 439 g/mol. The molecular weight excluding hydrogens is 405 g/mol. The lowest BCUT2D eigenvalue weighted by Gasteiger charge is -2.25. The van der Waals surface area contributed by atoms with Gasteiger partial charge in [0.1, 0.15) is 11.4 Å². The number of benzene rings is 2. The normalized spacial score (nSPS) is 17.1. The molecule has 0 saturated carbocycles. The number of hydrogen-bond donors (Lipinski definition) is 0. The summed E-state index contributed by atoms with van der Waals surface area (Å²) in [5.74, 6) is -0.226. The first-order valence-electron chi connectivity index (χ1n) is 9.20. The minimum atomic E-state index is -0.482. The number of fused-ring (bicyclic) bond motifs is 1. The molecule has 1 unspecified atom stereocenters. The number of halogens is 2. The van der Waals surface area contributed by atoms with Crippen molar-refractivity contribution in [1.29, 1.82) is 0 Å². The Balaban J connectivity index is 0.000000650. The van der Waals surface area contributed by atoms with E-state index >= 15 is 0 Å². The molecule has 0 bridgehead atoms. The zero-order chi connectivity index (χ0) is 19.7. The molecule has 27 heavy (non-hydrogen) atoms. The summed E-state index contributed by atoms with van der Waals surface area (Å²) < 4.78 is 20.0. The molecular formula is C23H35BrFNO. The number of hydrogen-bond acceptors (Lipinski definition) is 2. The van der Waals surface area contributed by atoms with E-state index in [9.17, 15) is 4.39 Å². The predicted octanol–water partition coefficient (Wildman–Crippen LogP) is 7.00. The standard InChI is InChI=1S/C15H12BrFO.C5H13N.C2H6.CH4/c1-15(11-2-5-13(17)6-3-11)14-7-4-12(16)8-10(14)9-18-15;1-4-5-6(2)3;1-2;/h2-8H,9H2,1H3;4-5H2,1-3H3;1-2H3;1H4. The molecule has 2 nitrogen and oxygen atoms in total. The van der Waals surface area contributed by atoms with Crippen LogP contribution in [0.1, 0.15) is 58.2 Å². The average Bonchev–Trinajstić information content (AvgIpc) is 2.95. The van der Waals surface area contributed by atoms with Gasteiger partial charge < -0.3 is 9.64 Å². The molecule has 1 aliphatic rings. The van der Waals surface area contributed by atoms with Gasteiger partial charge in [-0.3, -0.25) is 0 Å². The topological polar surface area (TPSA) is 12.5 Å². The molecule has 0 N–H and O–H groups in total. The summed E-state index contributed by atoms with van der Waals surface area (Å²) >= 11 is 3.46. The first kappa shape index (κ1) is 25.8. The molecule has 1 atom stereocenters. The smallest absolute Gasteiger partial charge is 0.123 e. The fourth-order valence-electron chi connectivity index (χ4n) is 2.90. The quantitative estimate of drug-likeness (QED) is 0.509. The lowest BCUT2D eigenvalue weighted by molar-refractivity contribution is 0.00967. The minimum Gasteiger partial charge on any atom is -0.361 e. The summed E-state index contributed by atoms with van der Waals surface area (Å²) in [4.78, 5) is 2.18. The SMILES string of the molecule is C.CC.CC1(c2ccc(F)cc2)OCc2cc(Br)ccc21.CCCN(C)C. The summed E-state index contributed by atoms with van der Waals surface area (Å²) in [5, 5.41) is 0. The van der Waals surface area contributed by atoms with Crippen molar-refractivity contribution >= 4 is 15.9 Å². The van der Waals surface area contributed by atoms with E-state index < -0.39 is 5.60 Å². The first-order chi connectivity index (χ1) is 12.4. The molecule has 0 spiro atoms. The lowest BCUT2D eigenvalue weighted by atomic mass is 9.87. The van der Waals surface area contributed by atoms with Crippen LogP contribution in [0.15, 0.2) is 46.9 Å². The van der Waals surface area contributed by atoms with Crippen molar-refractivity contribution in [1.82, 2.24) is 4.90 Å². The Labute approximate surface area is 173 Å². The van der Waals surface area contributed by atoms with E-state index in [1.54, 1.807) is 12.1 Å². The lowest BCUT2D eigenvalue weighted by Crippen LogP contribution is -2.22. The van der Waals surface area contributed by atoms with E-state index in [4.69, 9.17) is 4.74 Å². The van der Waals surface area contributed by atoms with Gasteiger partial charge in [0.2, 0.25) is 0 Å². The summed E-state index contributed by atoms with van der Waals surface area (Å²) in [6.07, 6.45) is 1.26. The van der Waals surface area contributed by atoms with E-state index in [0.717, 1.165) is 15.6 Å². The molecule has 0 aromatic heterocycles. The van der Waals surface area contributed by atoms with Gasteiger partial charge in [-0.2, -0.15) is 0 Å². The maximum absolute atomic E-state index is 13.0. The van der Waals surface area contributed by atoms with Crippen LogP contribution in [0.2, 0.25) is 0 Å². The molecule has 152 valence electrons. The van der Waals surface area contributed by atoms with Crippen LogP contribution in [-0.4, -0.2) is 25.5 Å². The Bertz CT molecular complexity index is 673. The molecule has 0 amide bonds. The predicted molar refractivity (Wildman–Crippen MR) is 119 cm³/mol. The molecule has 4 heteroatoms. The van der Waals surface area contributed by atoms with Crippen LogP contribution in [0.25, 0.3) is 0 Å². The van der Waals surface area contributed by atoms with Crippen LogP contribution in [0.5, 0.6) is 0 Å². The number of nitrogens with zero attached hydrogens (tertiary/aromatic N) is 1. The first-order valence-corrected chi connectivity index (χ1v) is 9.99. The molecule has 1 heterocycles. The van der Waals surface area contributed by atoms with Crippen LogP contribution in [0.3, 0.4) is 0 Å². The molecule has 2 aromatic rings. The van der Waals surface area contributed by atoms with Gasteiger partial charge >= 0.3 is 0 Å². The molecule has 2 aromatic carbocycles. The summed E-state index contributed by atoms with van der Waals surface area (Å²) in [5.41, 5.74) is 2.82. The molecule has 0 fully saturated rings. The molecule has 0 radical (unpaired) electrons. The zero-order valence-corrected chi connectivity index (χ0v) is 18.4. The average molecular weight is 440 g/mol. The van der Waals surface area contributed by atoms with Gasteiger partial charge in [-0.1, -0.05) is 62.3 Å². The highest BCUT2D eigenvalue weighted by molar-refractivity contribution is 9.10. The fourth-order valence-corrected chi connectivity index (χ4v) is 3.31. The fraction of sp³-hybridized carbons (Fsp3) is 0.478. The highest BCUT2D eigenvalue weighted by Gasteiger charge is 2.37. The van der Waals surface area contributed by atoms with Crippen LogP contribution in [0.4, 0.5) is 4.39 Å². The van der Waals surface area contributed by atoms with Crippen LogP contribution >= 0.6 is 15.9 Å². The van der Waals surface area contributed by atoms with Gasteiger partial charge in [0, 0.05) is 4.47 Å². The van der Waals surface area contributed by atoms with Gasteiger partial charge in [-0.15, -0.1) is 0 Å². The Morgan fingerprint density at radius 1 is 1.11 bits per heavy atom. The summed E-state index contributed by atoms with van der Waals surface area (Å²) in [6, 6.07) is 12.7. The van der Waals surface area contributed by atoms with Gasteiger partial charge in [0.25, 0.3) is 0 Å². The highest BCUT2D eigenvalue weighted by Crippen LogP contribution is 2.42. The molecule has 0 aliphatic carbocycles. The molecule has 3 rings (SSSR count). The third-order valence-electron chi connectivity index (χ3n) is 4.16. The summed E-state index contributed by atoms with van der Waals surface area (Å²) in [7, 11) is 4.17. The highest BCUT2D eigenvalue weighted by atomic mass is 79.9. The van der Waals surface area contributed by atoms with Crippen molar-refractivity contribution in [2.24, 2.45) is 0 Å². The van der Waals surface area contributed by atoms with E-state index in [1.807, 2.05) is 26.8 Å². The Morgan fingerprint density at radius 3 is 2.19 bits per heavy atom. The summed E-state index contributed by atoms with van der Waals surface area (Å²) in [6.45, 7) is 10.0. The Kier molecular flexibility index (Phi) is 11.7. The van der Waals surface area contributed by atoms with Crippen molar-refractivity contribution in [3.63, 3.8) is 0 Å². The molecule has 0 saturated heterocycles. The van der Waals surface area contributed by atoms with E-state index in [1.165, 1.54) is 30.7 Å². The second-order valence-electron chi connectivity index (χ2n) is 6.43. The van der Waals surface area contributed by atoms with Gasteiger partial charge in [-0.05, 0) is 74.9 Å². The Hall–Kier alpha value is -1.23. The van der Waals surface area contributed by atoms with Crippen molar-refractivity contribution in [2.75, 3.05) is 20.6 Å². The van der Waals surface area contributed by atoms with Gasteiger partial charge in [0.15, 0.2) is 0 Å². The van der Waals surface area contributed by atoms with Crippen molar-refractivity contribution in [3.8, 4) is 0 Å². The van der Waals surface area contributed by atoms with Gasteiger partial charge in [0.05, 0.1) is 6.61 Å². The Morgan fingerprint density at radius 2 is 1.70 bits per heavy atom. The third kappa shape index (κ3) is 7.02. The number of ether oxygens (including phenoxy) is 1. The minimum absolute atomic E-state index is 0. The van der Waals surface area contributed by atoms with Crippen LogP contribution in [0, 0.1) is 5.82 Å². The maximum atomic E-state index is 13.0. The third-order valence-corrected chi connectivity index (χ3v) is 4.66. The van der Waals surface area contributed by atoms with E-state index in [-0.39, 0.29) is 13.2 Å². The number of rotatable bonds is 3. The van der Waals surface area contributed by atoms with E-state index in [0.29, 0.717) is 6.61 Å². The second-order valence-corrected chi connectivity index (χ2v) is 7.35. The van der Waals surface area contributed by atoms with Crippen molar-refractivity contribution in [3.05, 3.63) is 69.4 Å². The second kappa shape index (κ2) is 12.3. The van der Waals surface area contributed by atoms with Gasteiger partial charge in [-0.25, -0.2) is 4.39 Å². The molecule has 1 aliphatic heterocycles. The largest absolute Gasteiger partial charge is 0.361 e. The van der Waals surface area contributed by atoms with Crippen LogP contribution < -0.4 is 0 Å². The van der Waals surface area contributed by atoms with E-state index in [2.05, 4.69) is 54.0 Å². The van der Waals surface area contributed by atoms with Crippen molar-refractivity contribution in [2.45, 2.75) is 53.8 Å². The van der Waals surface area contributed by atoms with Crippen molar-refractivity contribution < 1.29 is 9.13 Å². The zero-order valence-electron chi connectivity index (χ0n) is 16.8.